The van der Waals surface area contributed by atoms with Crippen LogP contribution >= 0.6 is 23.6 Å². The highest BCUT2D eigenvalue weighted by Crippen LogP contribution is 2.31. The van der Waals surface area contributed by atoms with Crippen molar-refractivity contribution in [3.63, 3.8) is 0 Å². The Labute approximate surface area is 185 Å². The van der Waals surface area contributed by atoms with E-state index in [1.54, 1.807) is 18.6 Å². The van der Waals surface area contributed by atoms with Gasteiger partial charge in [0.05, 0.1) is 60.4 Å². The van der Waals surface area contributed by atoms with Crippen LogP contribution in [0, 0.1) is 11.8 Å². The van der Waals surface area contributed by atoms with Crippen LogP contribution in [0.5, 0.6) is 0 Å². The summed E-state index contributed by atoms with van der Waals surface area (Å²) in [7, 11) is 1.46. The number of anilines is 1. The minimum Gasteiger partial charge on any atom is -0.347 e. The van der Waals surface area contributed by atoms with Crippen LogP contribution in [0.4, 0.5) is 5.95 Å². The molecule has 0 aliphatic carbocycles. The first-order valence-corrected chi connectivity index (χ1v) is 11.1. The first-order chi connectivity index (χ1) is 14.7. The monoisotopic (exact) mass is 452 g/mol. The van der Waals surface area contributed by atoms with E-state index in [4.69, 9.17) is 25.4 Å². The molecule has 2 aliphatic rings. The van der Waals surface area contributed by atoms with E-state index in [-0.39, 0.29) is 0 Å². The normalized spacial score (nSPS) is 22.9. The summed E-state index contributed by atoms with van der Waals surface area (Å²) in [6, 6.07) is 3.80. The SMILES string of the molecule is COOSc1ccc(C2OCC(CC3CCN(c4ncc(Cl)cn4)CC3)CO2)nc1. The molecule has 10 heteroatoms. The van der Waals surface area contributed by atoms with Crippen LogP contribution < -0.4 is 4.90 Å². The molecule has 0 unspecified atom stereocenters. The van der Waals surface area contributed by atoms with Gasteiger partial charge in [0.15, 0.2) is 0 Å². The summed E-state index contributed by atoms with van der Waals surface area (Å²) in [6.45, 7) is 3.31. The lowest BCUT2D eigenvalue weighted by molar-refractivity contribution is -0.209. The maximum atomic E-state index is 5.95. The van der Waals surface area contributed by atoms with E-state index in [1.165, 1.54) is 7.11 Å². The molecule has 0 spiro atoms. The predicted molar refractivity (Wildman–Crippen MR) is 113 cm³/mol. The van der Waals surface area contributed by atoms with Crippen molar-refractivity contribution in [1.82, 2.24) is 15.0 Å². The fourth-order valence-corrected chi connectivity index (χ4v) is 4.28. The summed E-state index contributed by atoms with van der Waals surface area (Å²) in [4.78, 5) is 20.7. The van der Waals surface area contributed by atoms with Crippen LogP contribution in [-0.4, -0.2) is 48.4 Å². The van der Waals surface area contributed by atoms with Gasteiger partial charge < -0.3 is 14.4 Å². The molecule has 2 fully saturated rings. The quantitative estimate of drug-likeness (QED) is 0.350. The van der Waals surface area contributed by atoms with E-state index in [1.807, 2.05) is 12.1 Å². The molecule has 4 heterocycles. The van der Waals surface area contributed by atoms with Gasteiger partial charge in [0, 0.05) is 25.2 Å². The average molecular weight is 453 g/mol. The molecule has 4 rings (SSSR count). The molecule has 0 saturated carbocycles. The molecule has 0 amide bonds. The van der Waals surface area contributed by atoms with E-state index >= 15 is 0 Å². The second kappa shape index (κ2) is 10.7. The summed E-state index contributed by atoms with van der Waals surface area (Å²) in [5.74, 6) is 1.84. The second-order valence-corrected chi connectivity index (χ2v) is 8.68. The van der Waals surface area contributed by atoms with Crippen LogP contribution in [-0.2, 0) is 18.7 Å². The van der Waals surface area contributed by atoms with Gasteiger partial charge in [-0.3, -0.25) is 4.98 Å². The zero-order valence-electron chi connectivity index (χ0n) is 16.8. The Morgan fingerprint density at radius 1 is 1.07 bits per heavy atom. The van der Waals surface area contributed by atoms with Gasteiger partial charge in [-0.25, -0.2) is 14.9 Å². The lowest BCUT2D eigenvalue weighted by atomic mass is 9.87. The number of hydrogen-bond donors (Lipinski definition) is 0. The zero-order valence-corrected chi connectivity index (χ0v) is 18.3. The van der Waals surface area contributed by atoms with E-state index in [2.05, 4.69) is 24.7 Å². The molecule has 0 bridgehead atoms. The number of pyridine rings is 1. The minimum absolute atomic E-state index is 0.410. The second-order valence-electron chi connectivity index (χ2n) is 7.47. The van der Waals surface area contributed by atoms with Crippen molar-refractivity contribution in [2.45, 2.75) is 30.4 Å². The van der Waals surface area contributed by atoms with Gasteiger partial charge in [0.2, 0.25) is 12.2 Å². The Balaban J connectivity index is 1.19. The molecule has 0 aromatic carbocycles. The average Bonchev–Trinajstić information content (AvgIpc) is 2.80. The molecular formula is C20H25ClN4O4S. The summed E-state index contributed by atoms with van der Waals surface area (Å²) < 4.78 is 16.7. The van der Waals surface area contributed by atoms with Crippen molar-refractivity contribution in [3.05, 3.63) is 41.4 Å². The summed E-state index contributed by atoms with van der Waals surface area (Å²) in [5, 5.41) is 0.564. The van der Waals surface area contributed by atoms with E-state index in [0.717, 1.165) is 60.9 Å². The third-order valence-corrected chi connectivity index (χ3v) is 6.17. The highest BCUT2D eigenvalue weighted by Gasteiger charge is 2.28. The van der Waals surface area contributed by atoms with Crippen molar-refractivity contribution < 1.29 is 18.7 Å². The third kappa shape index (κ3) is 5.81. The fourth-order valence-electron chi connectivity index (χ4n) is 3.81. The molecule has 2 aromatic heterocycles. The first kappa shape index (κ1) is 21.7. The number of piperidine rings is 1. The van der Waals surface area contributed by atoms with Crippen LogP contribution in [0.2, 0.25) is 5.02 Å². The highest BCUT2D eigenvalue weighted by atomic mass is 35.5. The topological polar surface area (TPSA) is 78.8 Å². The van der Waals surface area contributed by atoms with Gasteiger partial charge in [-0.15, -0.1) is 0 Å². The Morgan fingerprint density at radius 2 is 1.80 bits per heavy atom. The van der Waals surface area contributed by atoms with Crippen molar-refractivity contribution in [3.8, 4) is 0 Å². The van der Waals surface area contributed by atoms with Crippen molar-refractivity contribution in [2.75, 3.05) is 38.3 Å². The Kier molecular flexibility index (Phi) is 7.75. The minimum atomic E-state index is -0.410. The largest absolute Gasteiger partial charge is 0.347 e. The molecule has 2 aromatic rings. The highest BCUT2D eigenvalue weighted by molar-refractivity contribution is 7.94. The van der Waals surface area contributed by atoms with Crippen LogP contribution in [0.1, 0.15) is 31.2 Å². The van der Waals surface area contributed by atoms with E-state index < -0.39 is 6.29 Å². The number of nitrogens with zero attached hydrogens (tertiary/aromatic N) is 4. The maximum Gasteiger partial charge on any atom is 0.225 e. The summed E-state index contributed by atoms with van der Waals surface area (Å²) in [6.07, 6.45) is 7.96. The predicted octanol–water partition coefficient (Wildman–Crippen LogP) is 4.08. The fraction of sp³-hybridized carbons (Fsp3) is 0.550. The van der Waals surface area contributed by atoms with Gasteiger partial charge in [-0.2, -0.15) is 4.33 Å². The van der Waals surface area contributed by atoms with Crippen molar-refractivity contribution >= 4 is 29.6 Å². The molecule has 30 heavy (non-hydrogen) atoms. The standard InChI is InChI=1S/C20H25ClN4O4S/c1-26-29-30-17-2-3-18(22-11-17)19-27-12-15(13-28-19)8-14-4-6-25(7-5-14)20-23-9-16(21)10-24-20/h2-3,9-11,14-15,19H,4-8,12-13H2,1H3. The Morgan fingerprint density at radius 3 is 2.43 bits per heavy atom. The Bertz CT molecular complexity index is 782. The number of hydrogen-bond acceptors (Lipinski definition) is 9. The van der Waals surface area contributed by atoms with E-state index in [0.29, 0.717) is 30.1 Å². The van der Waals surface area contributed by atoms with Crippen LogP contribution in [0.25, 0.3) is 0 Å². The van der Waals surface area contributed by atoms with Gasteiger partial charge in [-0.05, 0) is 37.3 Å². The van der Waals surface area contributed by atoms with Crippen molar-refractivity contribution in [1.29, 1.82) is 0 Å². The van der Waals surface area contributed by atoms with Crippen LogP contribution in [0.3, 0.4) is 0 Å². The molecule has 8 nitrogen and oxygen atoms in total. The van der Waals surface area contributed by atoms with Gasteiger partial charge in [0.25, 0.3) is 0 Å². The number of aromatic nitrogens is 3. The summed E-state index contributed by atoms with van der Waals surface area (Å²) in [5.41, 5.74) is 0.770. The number of halogens is 1. The first-order valence-electron chi connectivity index (χ1n) is 10.00. The van der Waals surface area contributed by atoms with Crippen LogP contribution in [0.15, 0.2) is 35.6 Å². The van der Waals surface area contributed by atoms with E-state index in [9.17, 15) is 0 Å². The third-order valence-electron chi connectivity index (χ3n) is 5.34. The molecule has 0 atom stereocenters. The molecule has 2 aliphatic heterocycles. The molecule has 2 saturated heterocycles. The maximum absolute atomic E-state index is 5.95. The smallest absolute Gasteiger partial charge is 0.225 e. The lowest BCUT2D eigenvalue weighted by Gasteiger charge is -2.35. The number of ether oxygens (including phenoxy) is 2. The van der Waals surface area contributed by atoms with Gasteiger partial charge >= 0.3 is 0 Å². The molecule has 162 valence electrons. The Hall–Kier alpha value is -1.49. The number of rotatable bonds is 7. The van der Waals surface area contributed by atoms with Crippen molar-refractivity contribution in [2.24, 2.45) is 11.8 Å². The lowest BCUT2D eigenvalue weighted by Crippen LogP contribution is -2.37. The molecule has 0 N–H and O–H groups in total. The molecule has 0 radical (unpaired) electrons. The zero-order chi connectivity index (χ0) is 20.8. The summed E-state index contributed by atoms with van der Waals surface area (Å²) >= 11 is 6.99. The molecular weight excluding hydrogens is 428 g/mol. The van der Waals surface area contributed by atoms with Gasteiger partial charge in [0.1, 0.15) is 0 Å². The van der Waals surface area contributed by atoms with Gasteiger partial charge in [-0.1, -0.05) is 11.6 Å².